The standard InChI is InChI=1S/C6H13NO7/c8-2-4(10)6(12)5(11)3(9)1-7(13)14/h3-6,8-12H,1-2H2/t3-,4-,5+,6-/m1/s1. The van der Waals surface area contributed by atoms with E-state index in [2.05, 4.69) is 0 Å². The first kappa shape index (κ1) is 13.2. The quantitative estimate of drug-likeness (QED) is 0.228. The molecule has 84 valence electrons. The van der Waals surface area contributed by atoms with E-state index in [0.29, 0.717) is 0 Å². The Balaban J connectivity index is 4.15. The monoisotopic (exact) mass is 211 g/mol. The average molecular weight is 211 g/mol. The van der Waals surface area contributed by atoms with Crippen LogP contribution in [0.25, 0.3) is 0 Å². The number of nitro groups is 1. The lowest BCUT2D eigenvalue weighted by Gasteiger charge is -2.23. The second-order valence-electron chi connectivity index (χ2n) is 2.81. The maximum Gasteiger partial charge on any atom is 0.232 e. The van der Waals surface area contributed by atoms with Crippen molar-refractivity contribution in [2.75, 3.05) is 13.2 Å². The highest BCUT2D eigenvalue weighted by Gasteiger charge is 2.32. The Morgan fingerprint density at radius 1 is 1.07 bits per heavy atom. The van der Waals surface area contributed by atoms with Gasteiger partial charge in [0.15, 0.2) is 0 Å². The van der Waals surface area contributed by atoms with Crippen LogP contribution in [0.4, 0.5) is 0 Å². The van der Waals surface area contributed by atoms with Gasteiger partial charge in [-0.15, -0.1) is 0 Å². The third-order valence-corrected chi connectivity index (χ3v) is 1.66. The summed E-state index contributed by atoms with van der Waals surface area (Å²) < 4.78 is 0. The van der Waals surface area contributed by atoms with Crippen molar-refractivity contribution in [1.29, 1.82) is 0 Å². The van der Waals surface area contributed by atoms with Gasteiger partial charge in [0.1, 0.15) is 24.4 Å². The molecule has 0 saturated carbocycles. The van der Waals surface area contributed by atoms with Gasteiger partial charge in [-0.05, 0) is 0 Å². The molecule has 0 radical (unpaired) electrons. The zero-order valence-electron chi connectivity index (χ0n) is 7.22. The molecule has 0 aromatic carbocycles. The molecule has 0 heterocycles. The van der Waals surface area contributed by atoms with E-state index in [1.54, 1.807) is 0 Å². The third kappa shape index (κ3) is 3.94. The Hall–Kier alpha value is -0.800. The van der Waals surface area contributed by atoms with Gasteiger partial charge < -0.3 is 25.5 Å². The Morgan fingerprint density at radius 3 is 1.86 bits per heavy atom. The SMILES string of the molecule is O=[N+]([O-])C[C@@H](O)[C@H](O)[C@H](O)[C@H](O)CO. The zero-order valence-corrected chi connectivity index (χ0v) is 7.22. The molecule has 0 unspecified atom stereocenters. The summed E-state index contributed by atoms with van der Waals surface area (Å²) in [6.45, 7) is -1.76. The molecule has 0 spiro atoms. The maximum absolute atomic E-state index is 9.92. The molecule has 8 nitrogen and oxygen atoms in total. The van der Waals surface area contributed by atoms with Crippen LogP contribution in [0, 0.1) is 10.1 Å². The van der Waals surface area contributed by atoms with Gasteiger partial charge in [0.25, 0.3) is 0 Å². The van der Waals surface area contributed by atoms with E-state index in [-0.39, 0.29) is 0 Å². The summed E-state index contributed by atoms with van der Waals surface area (Å²) in [5, 5.41) is 54.2. The molecule has 0 fully saturated rings. The number of aliphatic hydroxyl groups is 5. The summed E-state index contributed by atoms with van der Waals surface area (Å²) in [5.74, 6) is 0. The van der Waals surface area contributed by atoms with E-state index in [4.69, 9.17) is 25.5 Å². The average Bonchev–Trinajstić information content (AvgIpc) is 2.13. The van der Waals surface area contributed by atoms with Crippen LogP contribution in [0.5, 0.6) is 0 Å². The molecule has 0 bridgehead atoms. The van der Waals surface area contributed by atoms with Crippen molar-refractivity contribution >= 4 is 0 Å². The molecule has 0 aliphatic rings. The minimum atomic E-state index is -1.87. The third-order valence-electron chi connectivity index (χ3n) is 1.66. The highest BCUT2D eigenvalue weighted by atomic mass is 16.6. The van der Waals surface area contributed by atoms with E-state index in [9.17, 15) is 10.1 Å². The van der Waals surface area contributed by atoms with Crippen molar-refractivity contribution in [2.45, 2.75) is 24.4 Å². The Kier molecular flexibility index (Phi) is 5.50. The molecular weight excluding hydrogens is 198 g/mol. The van der Waals surface area contributed by atoms with Crippen LogP contribution in [0.2, 0.25) is 0 Å². The van der Waals surface area contributed by atoms with Crippen molar-refractivity contribution in [3.05, 3.63) is 10.1 Å². The predicted octanol–water partition coefficient (Wildman–Crippen LogP) is -3.30. The topological polar surface area (TPSA) is 144 Å². The Labute approximate surface area is 79.2 Å². The van der Waals surface area contributed by atoms with Crippen molar-refractivity contribution in [3.8, 4) is 0 Å². The van der Waals surface area contributed by atoms with E-state index in [1.807, 2.05) is 0 Å². The summed E-state index contributed by atoms with van der Waals surface area (Å²) in [5.41, 5.74) is 0. The normalized spacial score (nSPS) is 19.8. The van der Waals surface area contributed by atoms with Gasteiger partial charge in [0, 0.05) is 4.92 Å². The molecular formula is C6H13NO7. The summed E-state index contributed by atoms with van der Waals surface area (Å²) in [6.07, 6.45) is -7.13. The first-order valence-electron chi connectivity index (χ1n) is 3.85. The minimum absolute atomic E-state index is 0.816. The first-order valence-corrected chi connectivity index (χ1v) is 3.85. The van der Waals surface area contributed by atoms with E-state index in [0.717, 1.165) is 0 Å². The van der Waals surface area contributed by atoms with Gasteiger partial charge >= 0.3 is 0 Å². The van der Waals surface area contributed by atoms with Gasteiger partial charge in [-0.2, -0.15) is 0 Å². The number of aliphatic hydroxyl groups excluding tert-OH is 5. The molecule has 0 aromatic heterocycles. The van der Waals surface area contributed by atoms with Crippen LogP contribution in [-0.2, 0) is 0 Å². The number of rotatable bonds is 6. The van der Waals surface area contributed by atoms with Crippen molar-refractivity contribution in [3.63, 3.8) is 0 Å². The van der Waals surface area contributed by atoms with Crippen molar-refractivity contribution in [2.24, 2.45) is 0 Å². The van der Waals surface area contributed by atoms with Gasteiger partial charge in [0.05, 0.1) is 6.61 Å². The molecule has 8 heteroatoms. The molecule has 0 aromatic rings. The number of nitrogens with zero attached hydrogens (tertiary/aromatic N) is 1. The van der Waals surface area contributed by atoms with Gasteiger partial charge in [-0.3, -0.25) is 10.1 Å². The lowest BCUT2D eigenvalue weighted by molar-refractivity contribution is -0.493. The van der Waals surface area contributed by atoms with Crippen molar-refractivity contribution in [1.82, 2.24) is 0 Å². The largest absolute Gasteiger partial charge is 0.394 e. The highest BCUT2D eigenvalue weighted by Crippen LogP contribution is 2.05. The summed E-state index contributed by atoms with van der Waals surface area (Å²) >= 11 is 0. The number of hydrogen-bond acceptors (Lipinski definition) is 7. The van der Waals surface area contributed by atoms with Crippen LogP contribution in [-0.4, -0.2) is 68.0 Å². The molecule has 0 aliphatic carbocycles. The fourth-order valence-electron chi connectivity index (χ4n) is 0.824. The van der Waals surface area contributed by atoms with Crippen LogP contribution in [0.15, 0.2) is 0 Å². The minimum Gasteiger partial charge on any atom is -0.394 e. The second kappa shape index (κ2) is 5.83. The van der Waals surface area contributed by atoms with E-state index in [1.165, 1.54) is 0 Å². The fourth-order valence-corrected chi connectivity index (χ4v) is 0.824. The zero-order chi connectivity index (χ0) is 11.3. The molecule has 0 rings (SSSR count). The molecule has 0 saturated heterocycles. The van der Waals surface area contributed by atoms with Crippen LogP contribution in [0.3, 0.4) is 0 Å². The predicted molar refractivity (Wildman–Crippen MR) is 43.0 cm³/mol. The Bertz CT molecular complexity index is 187. The Morgan fingerprint density at radius 2 is 1.50 bits per heavy atom. The molecule has 5 N–H and O–H groups in total. The molecule has 4 atom stereocenters. The second-order valence-corrected chi connectivity index (χ2v) is 2.81. The summed E-state index contributed by atoms with van der Waals surface area (Å²) in [6, 6.07) is 0. The lowest BCUT2D eigenvalue weighted by Crippen LogP contribution is -2.47. The molecule has 0 amide bonds. The highest BCUT2D eigenvalue weighted by molar-refractivity contribution is 4.79. The van der Waals surface area contributed by atoms with Gasteiger partial charge in [0.2, 0.25) is 6.54 Å². The first-order chi connectivity index (χ1) is 6.40. The van der Waals surface area contributed by atoms with Gasteiger partial charge in [-0.25, -0.2) is 0 Å². The van der Waals surface area contributed by atoms with Crippen LogP contribution in [0.1, 0.15) is 0 Å². The van der Waals surface area contributed by atoms with Crippen LogP contribution < -0.4 is 0 Å². The smallest absolute Gasteiger partial charge is 0.232 e. The molecule has 14 heavy (non-hydrogen) atoms. The van der Waals surface area contributed by atoms with Crippen LogP contribution >= 0.6 is 0 Å². The molecule has 0 aliphatic heterocycles. The number of hydrogen-bond donors (Lipinski definition) is 5. The summed E-state index contributed by atoms with van der Waals surface area (Å²) in [7, 11) is 0. The van der Waals surface area contributed by atoms with E-state index < -0.39 is 42.5 Å². The van der Waals surface area contributed by atoms with Crippen molar-refractivity contribution < 1.29 is 30.5 Å². The maximum atomic E-state index is 9.92. The van der Waals surface area contributed by atoms with Gasteiger partial charge in [-0.1, -0.05) is 0 Å². The fraction of sp³-hybridized carbons (Fsp3) is 1.00. The van der Waals surface area contributed by atoms with E-state index >= 15 is 0 Å². The summed E-state index contributed by atoms with van der Waals surface area (Å²) in [4.78, 5) is 9.05. The lowest BCUT2D eigenvalue weighted by atomic mass is 10.0.